The van der Waals surface area contributed by atoms with Crippen LogP contribution in [-0.2, 0) is 6.54 Å². The van der Waals surface area contributed by atoms with Crippen molar-refractivity contribution in [3.05, 3.63) is 22.4 Å². The summed E-state index contributed by atoms with van der Waals surface area (Å²) in [5, 5.41) is 4.40. The van der Waals surface area contributed by atoms with Crippen molar-refractivity contribution < 1.29 is 0 Å². The Morgan fingerprint density at radius 3 is 2.69 bits per heavy atom. The molecule has 0 bridgehead atoms. The van der Waals surface area contributed by atoms with Crippen LogP contribution in [0.1, 0.15) is 25.3 Å². The summed E-state index contributed by atoms with van der Waals surface area (Å²) in [7, 11) is 0. The fraction of sp³-hybridized carbons (Fsp3) is 0.667. The quantitative estimate of drug-likeness (QED) is 0.906. The van der Waals surface area contributed by atoms with Crippen LogP contribution in [0.4, 0.5) is 0 Å². The van der Waals surface area contributed by atoms with Gasteiger partial charge in [0.25, 0.3) is 0 Å². The Hall–Kier alpha value is -0.0900. The largest absolute Gasteiger partial charge is 0.328 e. The smallest absolute Gasteiger partial charge is 0.0241 e. The summed E-state index contributed by atoms with van der Waals surface area (Å²) >= 11 is 1.79. The highest BCUT2D eigenvalue weighted by Gasteiger charge is 2.21. The molecule has 16 heavy (non-hydrogen) atoms. The molecule has 1 aliphatic rings. The molecule has 1 fully saturated rings. The zero-order chi connectivity index (χ0) is 10.7. The third kappa shape index (κ3) is 3.74. The van der Waals surface area contributed by atoms with Gasteiger partial charge in [0.1, 0.15) is 0 Å². The number of nitrogens with zero attached hydrogens (tertiary/aromatic N) is 1. The molecule has 92 valence electrons. The van der Waals surface area contributed by atoms with E-state index in [1.807, 2.05) is 0 Å². The Morgan fingerprint density at radius 2 is 2.19 bits per heavy atom. The van der Waals surface area contributed by atoms with E-state index < -0.39 is 0 Å². The van der Waals surface area contributed by atoms with Crippen molar-refractivity contribution >= 4 is 23.7 Å². The van der Waals surface area contributed by atoms with Gasteiger partial charge in [0.2, 0.25) is 0 Å². The molecule has 0 saturated carbocycles. The minimum Gasteiger partial charge on any atom is -0.328 e. The summed E-state index contributed by atoms with van der Waals surface area (Å²) in [6.07, 6.45) is 2.53. The lowest BCUT2D eigenvalue weighted by Crippen LogP contribution is -2.39. The SMILES string of the molecule is CC(N)C1CCN(Cc2ccsc2)CC1.Cl. The van der Waals surface area contributed by atoms with Crippen LogP contribution < -0.4 is 5.73 Å². The second-order valence-electron chi connectivity index (χ2n) is 4.60. The van der Waals surface area contributed by atoms with Crippen LogP contribution in [0.2, 0.25) is 0 Å². The van der Waals surface area contributed by atoms with Gasteiger partial charge in [-0.1, -0.05) is 0 Å². The maximum atomic E-state index is 5.93. The lowest BCUT2D eigenvalue weighted by molar-refractivity contribution is 0.166. The predicted octanol–water partition coefficient (Wildman–Crippen LogP) is 2.73. The Kier molecular flexibility index (Phi) is 5.76. The Bertz CT molecular complexity index is 279. The molecule has 1 aliphatic heterocycles. The second kappa shape index (κ2) is 6.60. The van der Waals surface area contributed by atoms with Gasteiger partial charge < -0.3 is 5.73 Å². The van der Waals surface area contributed by atoms with Gasteiger partial charge >= 0.3 is 0 Å². The van der Waals surface area contributed by atoms with E-state index in [1.54, 1.807) is 11.3 Å². The number of halogens is 1. The monoisotopic (exact) mass is 260 g/mol. The van der Waals surface area contributed by atoms with Gasteiger partial charge in [-0.05, 0) is 61.2 Å². The van der Waals surface area contributed by atoms with Crippen molar-refractivity contribution in [1.29, 1.82) is 0 Å². The first-order valence-corrected chi connectivity index (χ1v) is 6.69. The molecule has 0 radical (unpaired) electrons. The van der Waals surface area contributed by atoms with E-state index in [2.05, 4.69) is 28.7 Å². The summed E-state index contributed by atoms with van der Waals surface area (Å²) in [4.78, 5) is 2.54. The molecule has 0 spiro atoms. The van der Waals surface area contributed by atoms with Crippen LogP contribution in [0, 0.1) is 5.92 Å². The Morgan fingerprint density at radius 1 is 1.50 bits per heavy atom. The van der Waals surface area contributed by atoms with Gasteiger partial charge in [-0.25, -0.2) is 0 Å². The van der Waals surface area contributed by atoms with Crippen LogP contribution in [0.3, 0.4) is 0 Å². The van der Waals surface area contributed by atoms with Crippen molar-refractivity contribution in [2.45, 2.75) is 32.4 Å². The highest BCUT2D eigenvalue weighted by molar-refractivity contribution is 7.07. The van der Waals surface area contributed by atoms with E-state index in [0.717, 1.165) is 12.5 Å². The van der Waals surface area contributed by atoms with E-state index in [0.29, 0.717) is 6.04 Å². The molecule has 2 rings (SSSR count). The molecule has 1 aromatic heterocycles. The summed E-state index contributed by atoms with van der Waals surface area (Å²) in [5.41, 5.74) is 7.39. The number of piperidine rings is 1. The molecule has 0 aliphatic carbocycles. The molecule has 4 heteroatoms. The molecule has 1 unspecified atom stereocenters. The predicted molar refractivity (Wildman–Crippen MR) is 73.2 cm³/mol. The van der Waals surface area contributed by atoms with E-state index in [4.69, 9.17) is 5.73 Å². The average Bonchev–Trinajstić information content (AvgIpc) is 2.71. The fourth-order valence-electron chi connectivity index (χ4n) is 2.28. The van der Waals surface area contributed by atoms with E-state index in [1.165, 1.54) is 31.5 Å². The maximum absolute atomic E-state index is 5.93. The lowest BCUT2D eigenvalue weighted by Gasteiger charge is -2.33. The third-order valence-electron chi connectivity index (χ3n) is 3.36. The number of hydrogen-bond acceptors (Lipinski definition) is 3. The molecule has 1 atom stereocenters. The molecule has 2 heterocycles. The first-order valence-electron chi connectivity index (χ1n) is 5.74. The number of hydrogen-bond donors (Lipinski definition) is 1. The van der Waals surface area contributed by atoms with E-state index in [9.17, 15) is 0 Å². The standard InChI is InChI=1S/C12H20N2S.ClH/c1-10(13)12-2-5-14(6-3-12)8-11-4-7-15-9-11;/h4,7,9-10,12H,2-3,5-6,8,13H2,1H3;1H. The van der Waals surface area contributed by atoms with Gasteiger partial charge in [-0.3, -0.25) is 4.90 Å². The van der Waals surface area contributed by atoms with Crippen molar-refractivity contribution in [1.82, 2.24) is 4.90 Å². The lowest BCUT2D eigenvalue weighted by atomic mass is 9.91. The molecule has 1 aromatic rings. The molecule has 0 amide bonds. The highest BCUT2D eigenvalue weighted by atomic mass is 35.5. The molecular formula is C12H21ClN2S. The van der Waals surface area contributed by atoms with E-state index >= 15 is 0 Å². The zero-order valence-corrected chi connectivity index (χ0v) is 11.4. The van der Waals surface area contributed by atoms with Gasteiger partial charge in [-0.15, -0.1) is 12.4 Å². The minimum atomic E-state index is 0. The topological polar surface area (TPSA) is 29.3 Å². The van der Waals surface area contributed by atoms with E-state index in [-0.39, 0.29) is 12.4 Å². The normalized spacial score (nSPS) is 20.4. The van der Waals surface area contributed by atoms with Crippen molar-refractivity contribution in [3.63, 3.8) is 0 Å². The van der Waals surface area contributed by atoms with Gasteiger partial charge in [0, 0.05) is 12.6 Å². The minimum absolute atomic E-state index is 0. The number of nitrogens with two attached hydrogens (primary N) is 1. The zero-order valence-electron chi connectivity index (χ0n) is 9.76. The van der Waals surface area contributed by atoms with Gasteiger partial charge in [0.15, 0.2) is 0 Å². The summed E-state index contributed by atoms with van der Waals surface area (Å²) < 4.78 is 0. The fourth-order valence-corrected chi connectivity index (χ4v) is 2.94. The second-order valence-corrected chi connectivity index (χ2v) is 5.38. The molecule has 1 saturated heterocycles. The third-order valence-corrected chi connectivity index (χ3v) is 4.09. The molecular weight excluding hydrogens is 240 g/mol. The Balaban J connectivity index is 0.00000128. The van der Waals surface area contributed by atoms with Crippen LogP contribution >= 0.6 is 23.7 Å². The van der Waals surface area contributed by atoms with Crippen molar-refractivity contribution in [2.75, 3.05) is 13.1 Å². The molecule has 0 aromatic carbocycles. The first-order chi connectivity index (χ1) is 7.25. The summed E-state index contributed by atoms with van der Waals surface area (Å²) in [6, 6.07) is 2.59. The van der Waals surface area contributed by atoms with Crippen molar-refractivity contribution in [2.24, 2.45) is 11.7 Å². The van der Waals surface area contributed by atoms with Crippen LogP contribution in [0.15, 0.2) is 16.8 Å². The van der Waals surface area contributed by atoms with Crippen LogP contribution in [0.5, 0.6) is 0 Å². The van der Waals surface area contributed by atoms with Gasteiger partial charge in [0.05, 0.1) is 0 Å². The molecule has 2 nitrogen and oxygen atoms in total. The number of likely N-dealkylation sites (tertiary alicyclic amines) is 1. The first kappa shape index (κ1) is 14.0. The highest BCUT2D eigenvalue weighted by Crippen LogP contribution is 2.21. The Labute approximate surface area is 108 Å². The summed E-state index contributed by atoms with van der Waals surface area (Å²) in [6.45, 7) is 5.68. The van der Waals surface area contributed by atoms with Crippen molar-refractivity contribution in [3.8, 4) is 0 Å². The number of thiophene rings is 1. The summed E-state index contributed by atoms with van der Waals surface area (Å²) in [5.74, 6) is 0.740. The molecule has 2 N–H and O–H groups in total. The van der Waals surface area contributed by atoms with Gasteiger partial charge in [-0.2, -0.15) is 11.3 Å². The maximum Gasteiger partial charge on any atom is 0.0241 e. The van der Waals surface area contributed by atoms with Crippen LogP contribution in [-0.4, -0.2) is 24.0 Å². The average molecular weight is 261 g/mol. The number of rotatable bonds is 3. The van der Waals surface area contributed by atoms with Crippen LogP contribution in [0.25, 0.3) is 0 Å².